The number of nitrogens with two attached hydrogens (primary N) is 1. The van der Waals surface area contributed by atoms with Crippen LogP contribution in [0, 0.1) is 12.8 Å². The summed E-state index contributed by atoms with van der Waals surface area (Å²) in [4.78, 5) is 24.3. The highest BCUT2D eigenvalue weighted by molar-refractivity contribution is 7.19. The Morgan fingerprint density at radius 1 is 1.23 bits per heavy atom. The molecule has 2 heterocycles. The Bertz CT molecular complexity index is 1240. The largest absolute Gasteiger partial charge is 0.375 e. The smallest absolute Gasteiger partial charge is 0.274 e. The molecular weight excluding hydrogens is 404 g/mol. The molecule has 0 unspecified atom stereocenters. The molecule has 158 valence electrons. The molecule has 2 aromatic carbocycles. The standard InChI is InChI=1S/C25H26N4OS/c1-16-5-4-6-18(13-16)23-22(28-25(26)31-23)24(30)29(15-17-9-10-17)12-11-19-14-27-21-8-3-2-7-20(19)21/h2-8,13-14,17,27H,9-12,15H2,1H3,(H2,26,28). The Hall–Kier alpha value is -3.12. The lowest BCUT2D eigenvalue weighted by Crippen LogP contribution is -2.35. The molecule has 0 radical (unpaired) electrons. The van der Waals surface area contributed by atoms with Crippen molar-refractivity contribution in [2.45, 2.75) is 26.2 Å². The van der Waals surface area contributed by atoms with E-state index in [1.54, 1.807) is 0 Å². The highest BCUT2D eigenvalue weighted by Gasteiger charge is 2.30. The molecular formula is C25H26N4OS. The number of thiazole rings is 1. The maximum atomic E-state index is 13.6. The van der Waals surface area contributed by atoms with E-state index in [1.807, 2.05) is 23.1 Å². The first kappa shape index (κ1) is 19.8. The van der Waals surface area contributed by atoms with E-state index >= 15 is 0 Å². The van der Waals surface area contributed by atoms with Gasteiger partial charge in [0, 0.05) is 30.2 Å². The number of aryl methyl sites for hydroxylation is 1. The topological polar surface area (TPSA) is 75.0 Å². The fraction of sp³-hybridized carbons (Fsp3) is 0.280. The van der Waals surface area contributed by atoms with E-state index in [4.69, 9.17) is 5.73 Å². The molecule has 5 nitrogen and oxygen atoms in total. The molecule has 1 saturated carbocycles. The van der Waals surface area contributed by atoms with Crippen LogP contribution in [0.5, 0.6) is 0 Å². The first-order valence-corrected chi connectivity index (χ1v) is 11.6. The number of fused-ring (bicyclic) bond motifs is 1. The van der Waals surface area contributed by atoms with Crippen molar-refractivity contribution in [2.75, 3.05) is 18.8 Å². The van der Waals surface area contributed by atoms with Crippen LogP contribution in [0.3, 0.4) is 0 Å². The second kappa shape index (κ2) is 8.19. The van der Waals surface area contributed by atoms with Crippen LogP contribution in [-0.4, -0.2) is 33.9 Å². The third-order valence-corrected chi connectivity index (χ3v) is 6.85. The highest BCUT2D eigenvalue weighted by Crippen LogP contribution is 2.35. The summed E-state index contributed by atoms with van der Waals surface area (Å²) in [7, 11) is 0. The van der Waals surface area contributed by atoms with Gasteiger partial charge in [0.25, 0.3) is 5.91 Å². The highest BCUT2D eigenvalue weighted by atomic mass is 32.1. The average Bonchev–Trinajstić information content (AvgIpc) is 3.36. The molecule has 1 fully saturated rings. The zero-order valence-electron chi connectivity index (χ0n) is 17.6. The van der Waals surface area contributed by atoms with Crippen LogP contribution in [0.1, 0.15) is 34.5 Å². The fourth-order valence-corrected chi connectivity index (χ4v) is 4.92. The predicted octanol–water partition coefficient (Wildman–Crippen LogP) is 5.28. The van der Waals surface area contributed by atoms with Gasteiger partial charge in [-0.05, 0) is 49.3 Å². The van der Waals surface area contributed by atoms with Crippen LogP contribution >= 0.6 is 11.3 Å². The number of nitrogens with one attached hydrogen (secondary N) is 1. The van der Waals surface area contributed by atoms with Gasteiger partial charge in [0.05, 0.1) is 4.88 Å². The van der Waals surface area contributed by atoms with Gasteiger partial charge in [0.1, 0.15) is 5.69 Å². The summed E-state index contributed by atoms with van der Waals surface area (Å²) >= 11 is 1.39. The zero-order chi connectivity index (χ0) is 21.4. The average molecular weight is 431 g/mol. The molecule has 1 amide bonds. The summed E-state index contributed by atoms with van der Waals surface area (Å²) in [6.07, 6.45) is 5.26. The van der Waals surface area contributed by atoms with Gasteiger partial charge in [0.15, 0.2) is 5.13 Å². The second-order valence-corrected chi connectivity index (χ2v) is 9.43. The molecule has 31 heavy (non-hydrogen) atoms. The molecule has 0 spiro atoms. The zero-order valence-corrected chi connectivity index (χ0v) is 18.4. The van der Waals surface area contributed by atoms with Crippen LogP contribution in [-0.2, 0) is 6.42 Å². The Balaban J connectivity index is 1.42. The third-order valence-electron chi connectivity index (χ3n) is 5.92. The summed E-state index contributed by atoms with van der Waals surface area (Å²) in [5.74, 6) is 0.585. The number of hydrogen-bond donors (Lipinski definition) is 2. The van der Waals surface area contributed by atoms with Crippen LogP contribution in [0.25, 0.3) is 21.3 Å². The molecule has 3 N–H and O–H groups in total. The molecule has 0 saturated heterocycles. The van der Waals surface area contributed by atoms with Gasteiger partial charge >= 0.3 is 0 Å². The summed E-state index contributed by atoms with van der Waals surface area (Å²) < 4.78 is 0. The molecule has 1 aliphatic rings. The number of rotatable bonds is 7. The number of carbonyl (C=O) groups excluding carboxylic acids is 1. The minimum absolute atomic E-state index is 0.0174. The van der Waals surface area contributed by atoms with E-state index in [9.17, 15) is 4.79 Å². The van der Waals surface area contributed by atoms with Gasteiger partial charge in [-0.3, -0.25) is 4.79 Å². The van der Waals surface area contributed by atoms with E-state index in [1.165, 1.54) is 35.1 Å². The number of aromatic nitrogens is 2. The predicted molar refractivity (Wildman–Crippen MR) is 127 cm³/mol. The first-order valence-electron chi connectivity index (χ1n) is 10.8. The van der Waals surface area contributed by atoms with Crippen molar-refractivity contribution in [3.8, 4) is 10.4 Å². The Morgan fingerprint density at radius 2 is 2.06 bits per heavy atom. The summed E-state index contributed by atoms with van der Waals surface area (Å²) in [5, 5.41) is 1.66. The minimum Gasteiger partial charge on any atom is -0.375 e. The van der Waals surface area contributed by atoms with Crippen LogP contribution in [0.2, 0.25) is 0 Å². The van der Waals surface area contributed by atoms with Crippen molar-refractivity contribution in [2.24, 2.45) is 5.92 Å². The molecule has 0 aliphatic heterocycles. The number of para-hydroxylation sites is 1. The van der Waals surface area contributed by atoms with Crippen molar-refractivity contribution in [1.82, 2.24) is 14.9 Å². The maximum Gasteiger partial charge on any atom is 0.274 e. The maximum absolute atomic E-state index is 13.6. The van der Waals surface area contributed by atoms with Gasteiger partial charge in [-0.2, -0.15) is 0 Å². The Morgan fingerprint density at radius 3 is 2.87 bits per heavy atom. The van der Waals surface area contributed by atoms with Gasteiger partial charge in [0.2, 0.25) is 0 Å². The number of carbonyl (C=O) groups is 1. The number of hydrogen-bond acceptors (Lipinski definition) is 4. The lowest BCUT2D eigenvalue weighted by molar-refractivity contribution is 0.0745. The van der Waals surface area contributed by atoms with E-state index < -0.39 is 0 Å². The number of nitrogen functional groups attached to an aromatic ring is 1. The van der Waals surface area contributed by atoms with Gasteiger partial charge in [-0.15, -0.1) is 0 Å². The number of aromatic amines is 1. The Kier molecular flexibility index (Phi) is 5.24. The van der Waals surface area contributed by atoms with Crippen LogP contribution < -0.4 is 5.73 Å². The third kappa shape index (κ3) is 4.21. The van der Waals surface area contributed by atoms with Crippen molar-refractivity contribution < 1.29 is 4.79 Å². The second-order valence-electron chi connectivity index (χ2n) is 8.40. The lowest BCUT2D eigenvalue weighted by atomic mass is 10.1. The minimum atomic E-state index is -0.0174. The monoisotopic (exact) mass is 430 g/mol. The molecule has 6 heteroatoms. The first-order chi connectivity index (χ1) is 15.1. The van der Waals surface area contributed by atoms with E-state index in [0.29, 0.717) is 23.3 Å². The van der Waals surface area contributed by atoms with Gasteiger partial charge in [-0.25, -0.2) is 4.98 Å². The number of amides is 1. The quantitative estimate of drug-likeness (QED) is 0.419. The number of anilines is 1. The van der Waals surface area contributed by atoms with Gasteiger partial charge in [-0.1, -0.05) is 59.4 Å². The van der Waals surface area contributed by atoms with Gasteiger partial charge < -0.3 is 15.6 Å². The molecule has 1 aliphatic carbocycles. The van der Waals surface area contributed by atoms with Crippen molar-refractivity contribution >= 4 is 33.3 Å². The summed E-state index contributed by atoms with van der Waals surface area (Å²) in [6.45, 7) is 3.50. The van der Waals surface area contributed by atoms with E-state index in [-0.39, 0.29) is 5.91 Å². The molecule has 5 rings (SSSR count). The normalized spacial score (nSPS) is 13.6. The molecule has 0 atom stereocenters. The van der Waals surface area contributed by atoms with Crippen molar-refractivity contribution in [1.29, 1.82) is 0 Å². The number of benzene rings is 2. The lowest BCUT2D eigenvalue weighted by Gasteiger charge is -2.22. The van der Waals surface area contributed by atoms with E-state index in [2.05, 4.69) is 53.4 Å². The van der Waals surface area contributed by atoms with Crippen LogP contribution in [0.4, 0.5) is 5.13 Å². The summed E-state index contributed by atoms with van der Waals surface area (Å²) in [6, 6.07) is 16.5. The van der Waals surface area contributed by atoms with E-state index in [0.717, 1.165) is 34.5 Å². The fourth-order valence-electron chi connectivity index (χ4n) is 4.10. The SMILES string of the molecule is Cc1cccc(-c2sc(N)nc2C(=O)N(CCc2c[nH]c3ccccc23)CC2CC2)c1. The van der Waals surface area contributed by atoms with Crippen LogP contribution in [0.15, 0.2) is 54.7 Å². The molecule has 0 bridgehead atoms. The number of H-pyrrole nitrogens is 1. The van der Waals surface area contributed by atoms with Crippen molar-refractivity contribution in [3.05, 3.63) is 71.5 Å². The summed E-state index contributed by atoms with van der Waals surface area (Å²) in [5.41, 5.74) is 11.1. The molecule has 4 aromatic rings. The molecule has 2 aromatic heterocycles. The number of nitrogens with zero attached hydrogens (tertiary/aromatic N) is 2. The van der Waals surface area contributed by atoms with Crippen molar-refractivity contribution in [3.63, 3.8) is 0 Å². The Labute approximate surface area is 185 Å².